The van der Waals surface area contributed by atoms with Crippen molar-refractivity contribution in [1.82, 2.24) is 4.98 Å². The van der Waals surface area contributed by atoms with E-state index >= 15 is 0 Å². The quantitative estimate of drug-likeness (QED) is 0.670. The summed E-state index contributed by atoms with van der Waals surface area (Å²) >= 11 is 10.7. The molecule has 1 aliphatic heterocycles. The van der Waals surface area contributed by atoms with Gasteiger partial charge in [-0.1, -0.05) is 15.9 Å². The minimum Gasteiger partial charge on any atom is -0.383 e. The number of nitrogens with zero attached hydrogens (tertiary/aromatic N) is 3. The van der Waals surface area contributed by atoms with Crippen molar-refractivity contribution >= 4 is 59.3 Å². The lowest BCUT2D eigenvalue weighted by atomic mass is 10.1. The smallest absolute Gasteiger partial charge is 0.141 e. The van der Waals surface area contributed by atoms with Crippen molar-refractivity contribution in [2.24, 2.45) is 0 Å². The summed E-state index contributed by atoms with van der Waals surface area (Å²) in [5, 5.41) is 9.27. The Kier molecular flexibility index (Phi) is 3.95. The SMILES string of the molecule is N#Cc1c(N)ncc2c1CN(c1c(Br)cc(Br)cc1Br)C2. The molecule has 0 unspecified atom stereocenters. The third kappa shape index (κ3) is 2.56. The Bertz CT molecular complexity index is 760. The fraction of sp³-hybridized carbons (Fsp3) is 0.143. The lowest BCUT2D eigenvalue weighted by Gasteiger charge is -2.21. The van der Waals surface area contributed by atoms with Gasteiger partial charge in [-0.2, -0.15) is 5.26 Å². The van der Waals surface area contributed by atoms with Gasteiger partial charge in [0.1, 0.15) is 11.9 Å². The molecule has 4 nitrogen and oxygen atoms in total. The van der Waals surface area contributed by atoms with Crippen molar-refractivity contribution in [3.8, 4) is 6.07 Å². The molecule has 2 heterocycles. The molecule has 7 heteroatoms. The van der Waals surface area contributed by atoms with Gasteiger partial charge >= 0.3 is 0 Å². The van der Waals surface area contributed by atoms with Crippen molar-refractivity contribution in [3.05, 3.63) is 48.4 Å². The molecule has 1 aromatic carbocycles. The van der Waals surface area contributed by atoms with Crippen molar-refractivity contribution in [2.75, 3.05) is 10.6 Å². The molecule has 0 saturated carbocycles. The Labute approximate surface area is 147 Å². The first kappa shape index (κ1) is 14.8. The topological polar surface area (TPSA) is 65.9 Å². The summed E-state index contributed by atoms with van der Waals surface area (Å²) < 4.78 is 2.96. The van der Waals surface area contributed by atoms with E-state index < -0.39 is 0 Å². The highest BCUT2D eigenvalue weighted by Gasteiger charge is 2.26. The number of fused-ring (bicyclic) bond motifs is 1. The Hall–Kier alpha value is -1.10. The van der Waals surface area contributed by atoms with Gasteiger partial charge in [0.25, 0.3) is 0 Å². The molecule has 2 aromatic rings. The molecule has 3 rings (SSSR count). The molecular formula is C14H9Br3N4. The molecule has 0 spiro atoms. The summed E-state index contributed by atoms with van der Waals surface area (Å²) in [4.78, 5) is 6.29. The van der Waals surface area contributed by atoms with Crippen molar-refractivity contribution in [3.63, 3.8) is 0 Å². The largest absolute Gasteiger partial charge is 0.383 e. The fourth-order valence-electron chi connectivity index (χ4n) is 2.49. The fourth-order valence-corrected chi connectivity index (χ4v) is 5.25. The first-order chi connectivity index (χ1) is 10.0. The average Bonchev–Trinajstić information content (AvgIpc) is 2.81. The zero-order chi connectivity index (χ0) is 15.1. The van der Waals surface area contributed by atoms with E-state index in [9.17, 15) is 5.26 Å². The minimum atomic E-state index is 0.298. The first-order valence-electron chi connectivity index (χ1n) is 6.07. The Morgan fingerprint density at radius 1 is 1.19 bits per heavy atom. The third-order valence-corrected chi connectivity index (χ3v) is 5.09. The molecule has 0 radical (unpaired) electrons. The number of pyridine rings is 1. The van der Waals surface area contributed by atoms with E-state index in [2.05, 4.69) is 63.7 Å². The van der Waals surface area contributed by atoms with Crippen LogP contribution in [0.4, 0.5) is 11.5 Å². The highest BCUT2D eigenvalue weighted by atomic mass is 79.9. The lowest BCUT2D eigenvalue weighted by Crippen LogP contribution is -2.15. The van der Waals surface area contributed by atoms with E-state index in [1.807, 2.05) is 12.1 Å². The lowest BCUT2D eigenvalue weighted by molar-refractivity contribution is 0.873. The molecule has 106 valence electrons. The Morgan fingerprint density at radius 2 is 1.86 bits per heavy atom. The molecule has 0 bridgehead atoms. The number of hydrogen-bond acceptors (Lipinski definition) is 4. The summed E-state index contributed by atoms with van der Waals surface area (Å²) in [7, 11) is 0. The first-order valence-corrected chi connectivity index (χ1v) is 8.45. The Balaban J connectivity index is 2.05. The van der Waals surface area contributed by atoms with Crippen LogP contribution in [-0.2, 0) is 13.1 Å². The summed E-state index contributed by atoms with van der Waals surface area (Å²) in [6.45, 7) is 1.35. The second-order valence-corrected chi connectivity index (χ2v) is 7.33. The van der Waals surface area contributed by atoms with E-state index in [0.717, 1.165) is 30.2 Å². The maximum absolute atomic E-state index is 9.27. The van der Waals surface area contributed by atoms with E-state index in [1.165, 1.54) is 0 Å². The molecule has 2 N–H and O–H groups in total. The van der Waals surface area contributed by atoms with Gasteiger partial charge in [0.2, 0.25) is 0 Å². The van der Waals surface area contributed by atoms with E-state index in [-0.39, 0.29) is 0 Å². The summed E-state index contributed by atoms with van der Waals surface area (Å²) in [5.74, 6) is 0.298. The van der Waals surface area contributed by atoms with Gasteiger partial charge in [0.15, 0.2) is 0 Å². The standard InChI is InChI=1S/C14H9Br3N4/c15-8-1-11(16)13(12(17)2-8)21-5-7-4-20-14(19)9(3-18)10(7)6-21/h1-2,4H,5-6H2,(H2,19,20). The zero-order valence-electron chi connectivity index (χ0n) is 10.7. The van der Waals surface area contributed by atoms with E-state index in [0.29, 0.717) is 24.5 Å². The number of rotatable bonds is 1. The molecule has 1 aliphatic rings. The minimum absolute atomic E-state index is 0.298. The maximum atomic E-state index is 9.27. The highest BCUT2D eigenvalue weighted by molar-refractivity contribution is 9.11. The molecule has 0 fully saturated rings. The van der Waals surface area contributed by atoms with Crippen LogP contribution in [0.3, 0.4) is 0 Å². The van der Waals surface area contributed by atoms with Gasteiger partial charge in [-0.25, -0.2) is 4.98 Å². The monoisotopic (exact) mass is 470 g/mol. The molecule has 1 aromatic heterocycles. The predicted octanol–water partition coefficient (Wildman–Crippen LogP) is 4.34. The average molecular weight is 473 g/mol. The number of aromatic nitrogens is 1. The second kappa shape index (κ2) is 5.59. The number of anilines is 2. The van der Waals surface area contributed by atoms with Crippen LogP contribution in [0.5, 0.6) is 0 Å². The molecule has 21 heavy (non-hydrogen) atoms. The number of benzene rings is 1. The molecule has 0 saturated heterocycles. The van der Waals surface area contributed by atoms with Crippen molar-refractivity contribution in [1.29, 1.82) is 5.26 Å². The zero-order valence-corrected chi connectivity index (χ0v) is 15.5. The number of hydrogen-bond donors (Lipinski definition) is 1. The van der Waals surface area contributed by atoms with Crippen LogP contribution in [-0.4, -0.2) is 4.98 Å². The molecular weight excluding hydrogens is 464 g/mol. The summed E-state index contributed by atoms with van der Waals surface area (Å²) in [6, 6.07) is 6.16. The predicted molar refractivity (Wildman–Crippen MR) is 92.8 cm³/mol. The van der Waals surface area contributed by atoms with Crippen molar-refractivity contribution in [2.45, 2.75) is 13.1 Å². The molecule has 0 amide bonds. The van der Waals surface area contributed by atoms with Gasteiger partial charge in [-0.15, -0.1) is 0 Å². The van der Waals surface area contributed by atoms with Crippen LogP contribution in [0.15, 0.2) is 31.7 Å². The number of nitriles is 1. The van der Waals surface area contributed by atoms with Gasteiger partial charge in [0.05, 0.1) is 11.3 Å². The van der Waals surface area contributed by atoms with Crippen LogP contribution in [0.25, 0.3) is 0 Å². The van der Waals surface area contributed by atoms with Gasteiger partial charge < -0.3 is 10.6 Å². The summed E-state index contributed by atoms with van der Waals surface area (Å²) in [5.41, 5.74) is 9.34. The molecule has 0 aliphatic carbocycles. The van der Waals surface area contributed by atoms with Crippen LogP contribution < -0.4 is 10.6 Å². The van der Waals surface area contributed by atoms with Crippen molar-refractivity contribution < 1.29 is 0 Å². The van der Waals surface area contributed by atoms with Gasteiger partial charge in [-0.05, 0) is 55.1 Å². The van der Waals surface area contributed by atoms with E-state index in [4.69, 9.17) is 5.73 Å². The summed E-state index contributed by atoms with van der Waals surface area (Å²) in [6.07, 6.45) is 1.76. The van der Waals surface area contributed by atoms with Crippen LogP contribution in [0, 0.1) is 11.3 Å². The maximum Gasteiger partial charge on any atom is 0.141 e. The number of nitrogens with two attached hydrogens (primary N) is 1. The normalized spacial score (nSPS) is 13.1. The van der Waals surface area contributed by atoms with Crippen LogP contribution >= 0.6 is 47.8 Å². The Morgan fingerprint density at radius 3 is 2.48 bits per heavy atom. The van der Waals surface area contributed by atoms with Gasteiger partial charge in [0, 0.05) is 32.7 Å². The third-order valence-electron chi connectivity index (χ3n) is 3.42. The van der Waals surface area contributed by atoms with Gasteiger partial charge in [-0.3, -0.25) is 0 Å². The number of halogens is 3. The van der Waals surface area contributed by atoms with E-state index in [1.54, 1.807) is 6.20 Å². The van der Waals surface area contributed by atoms with Crippen LogP contribution in [0.2, 0.25) is 0 Å². The second-order valence-electron chi connectivity index (χ2n) is 4.71. The highest BCUT2D eigenvalue weighted by Crippen LogP contribution is 2.41. The van der Waals surface area contributed by atoms with Crippen LogP contribution in [0.1, 0.15) is 16.7 Å². The number of nitrogen functional groups attached to an aromatic ring is 1. The molecule has 0 atom stereocenters.